The van der Waals surface area contributed by atoms with Crippen LogP contribution in [0, 0.1) is 12.8 Å². The molecule has 0 radical (unpaired) electrons. The van der Waals surface area contributed by atoms with E-state index in [-0.39, 0.29) is 23.5 Å². The second kappa shape index (κ2) is 6.45. The second-order valence-corrected chi connectivity index (χ2v) is 9.18. The lowest BCUT2D eigenvalue weighted by Gasteiger charge is -2.20. The fourth-order valence-electron chi connectivity index (χ4n) is 2.80. The normalized spacial score (nSPS) is 21.0. The van der Waals surface area contributed by atoms with Gasteiger partial charge in [0, 0.05) is 4.88 Å². The van der Waals surface area contributed by atoms with Crippen molar-refractivity contribution >= 4 is 27.1 Å². The zero-order chi connectivity index (χ0) is 16.4. The first-order chi connectivity index (χ1) is 10.9. The van der Waals surface area contributed by atoms with E-state index in [1.54, 1.807) is 11.3 Å². The topological polar surface area (TPSA) is 63.2 Å². The fourth-order valence-corrected chi connectivity index (χ4v) is 5.34. The van der Waals surface area contributed by atoms with Crippen LogP contribution in [0.5, 0.6) is 0 Å². The Hall–Kier alpha value is -1.66. The summed E-state index contributed by atoms with van der Waals surface area (Å²) in [5.41, 5.74) is 2.17. The number of amides is 1. The highest BCUT2D eigenvalue weighted by molar-refractivity contribution is 7.91. The maximum absolute atomic E-state index is 12.5. The Bertz CT molecular complexity index is 780. The molecule has 1 fully saturated rings. The van der Waals surface area contributed by atoms with Gasteiger partial charge in [-0.25, -0.2) is 8.42 Å². The molecule has 1 aliphatic rings. The van der Waals surface area contributed by atoms with Crippen molar-refractivity contribution in [3.63, 3.8) is 0 Å². The molecule has 1 amide bonds. The lowest BCUT2D eigenvalue weighted by atomic mass is 10.0. The highest BCUT2D eigenvalue weighted by atomic mass is 32.2. The molecule has 0 saturated carbocycles. The van der Waals surface area contributed by atoms with Crippen molar-refractivity contribution in [3.8, 4) is 0 Å². The number of hydrogen-bond acceptors (Lipinski definition) is 4. The third-order valence-electron chi connectivity index (χ3n) is 4.13. The molecular weight excluding hydrogens is 330 g/mol. The van der Waals surface area contributed by atoms with Gasteiger partial charge in [-0.1, -0.05) is 35.9 Å². The molecule has 0 bridgehead atoms. The predicted molar refractivity (Wildman–Crippen MR) is 92.2 cm³/mol. The minimum absolute atomic E-state index is 0.0378. The Morgan fingerprint density at radius 3 is 2.57 bits per heavy atom. The molecule has 2 aromatic rings. The molecule has 4 nitrogen and oxygen atoms in total. The van der Waals surface area contributed by atoms with E-state index >= 15 is 0 Å². The van der Waals surface area contributed by atoms with E-state index in [2.05, 4.69) is 5.32 Å². The van der Waals surface area contributed by atoms with E-state index in [9.17, 15) is 13.2 Å². The molecule has 1 saturated heterocycles. The first-order valence-electron chi connectivity index (χ1n) is 7.55. The van der Waals surface area contributed by atoms with Crippen molar-refractivity contribution < 1.29 is 13.2 Å². The maximum Gasteiger partial charge on any atom is 0.224 e. The van der Waals surface area contributed by atoms with Crippen molar-refractivity contribution in [2.75, 3.05) is 11.5 Å². The number of carbonyl (C=O) groups excluding carboxylic acids is 1. The van der Waals surface area contributed by atoms with Gasteiger partial charge in [0.25, 0.3) is 0 Å². The molecule has 6 heteroatoms. The van der Waals surface area contributed by atoms with E-state index in [0.29, 0.717) is 6.42 Å². The first-order valence-corrected chi connectivity index (χ1v) is 10.3. The monoisotopic (exact) mass is 349 g/mol. The third-order valence-corrected chi connectivity index (χ3v) is 6.83. The van der Waals surface area contributed by atoms with Crippen LogP contribution in [0.1, 0.15) is 28.5 Å². The average molecular weight is 349 g/mol. The minimum Gasteiger partial charge on any atom is -0.344 e. The van der Waals surface area contributed by atoms with E-state index in [1.165, 1.54) is 0 Å². The number of aryl methyl sites for hydroxylation is 1. The standard InChI is InChI=1S/C17H19NO3S2/c1-12-4-6-13(7-5-12)16(15-3-2-9-22-15)18-17(19)14-8-10-23(20,21)11-14/h2-7,9,14,16H,8,10-11H2,1H3,(H,18,19)/t14-,16-/m0/s1. The van der Waals surface area contributed by atoms with Crippen molar-refractivity contribution in [1.82, 2.24) is 5.32 Å². The van der Waals surface area contributed by atoms with Crippen LogP contribution in [0.25, 0.3) is 0 Å². The summed E-state index contributed by atoms with van der Waals surface area (Å²) in [4.78, 5) is 13.6. The molecule has 0 spiro atoms. The van der Waals surface area contributed by atoms with Gasteiger partial charge in [-0.05, 0) is 30.4 Å². The summed E-state index contributed by atoms with van der Waals surface area (Å²) < 4.78 is 23.2. The van der Waals surface area contributed by atoms with Gasteiger partial charge in [-0.3, -0.25) is 4.79 Å². The molecule has 23 heavy (non-hydrogen) atoms. The molecule has 1 aliphatic heterocycles. The van der Waals surface area contributed by atoms with Crippen molar-refractivity contribution in [1.29, 1.82) is 0 Å². The highest BCUT2D eigenvalue weighted by Gasteiger charge is 2.34. The number of carbonyl (C=O) groups is 1. The Balaban J connectivity index is 1.82. The van der Waals surface area contributed by atoms with Gasteiger partial charge in [-0.2, -0.15) is 0 Å². The van der Waals surface area contributed by atoms with Crippen LogP contribution in [0.2, 0.25) is 0 Å². The second-order valence-electron chi connectivity index (χ2n) is 5.97. The van der Waals surface area contributed by atoms with Crippen LogP contribution >= 0.6 is 11.3 Å². The van der Waals surface area contributed by atoms with E-state index in [4.69, 9.17) is 0 Å². The van der Waals surface area contributed by atoms with Gasteiger partial charge in [0.05, 0.1) is 23.5 Å². The van der Waals surface area contributed by atoms with Gasteiger partial charge in [0.2, 0.25) is 5.91 Å². The number of nitrogens with one attached hydrogen (secondary N) is 1. The van der Waals surface area contributed by atoms with E-state index < -0.39 is 15.8 Å². The molecule has 1 aromatic carbocycles. The van der Waals surface area contributed by atoms with Gasteiger partial charge >= 0.3 is 0 Å². The zero-order valence-electron chi connectivity index (χ0n) is 12.9. The molecule has 1 aromatic heterocycles. The Morgan fingerprint density at radius 1 is 1.26 bits per heavy atom. The van der Waals surface area contributed by atoms with Crippen LogP contribution in [0.3, 0.4) is 0 Å². The van der Waals surface area contributed by atoms with Crippen molar-refractivity contribution in [2.24, 2.45) is 5.92 Å². The minimum atomic E-state index is -3.06. The molecule has 2 heterocycles. The molecule has 0 unspecified atom stereocenters. The quantitative estimate of drug-likeness (QED) is 0.923. The summed E-state index contributed by atoms with van der Waals surface area (Å²) in [6, 6.07) is 11.8. The van der Waals surface area contributed by atoms with Gasteiger partial charge in [0.15, 0.2) is 9.84 Å². The third kappa shape index (κ3) is 3.82. The van der Waals surface area contributed by atoms with Gasteiger partial charge in [0.1, 0.15) is 0 Å². The molecule has 1 N–H and O–H groups in total. The summed E-state index contributed by atoms with van der Waals surface area (Å²) in [5, 5.41) is 5.02. The van der Waals surface area contributed by atoms with Crippen LogP contribution in [-0.2, 0) is 14.6 Å². The predicted octanol–water partition coefficient (Wildman–Crippen LogP) is 2.70. The molecule has 2 atom stereocenters. The zero-order valence-corrected chi connectivity index (χ0v) is 14.5. The summed E-state index contributed by atoms with van der Waals surface area (Å²) in [7, 11) is -3.06. The maximum atomic E-state index is 12.5. The summed E-state index contributed by atoms with van der Waals surface area (Å²) >= 11 is 1.58. The lowest BCUT2D eigenvalue weighted by molar-refractivity contribution is -0.124. The fraction of sp³-hybridized carbons (Fsp3) is 0.353. The van der Waals surface area contributed by atoms with Crippen LogP contribution in [0.15, 0.2) is 41.8 Å². The molecular formula is C17H19NO3S2. The van der Waals surface area contributed by atoms with Crippen LogP contribution in [0.4, 0.5) is 0 Å². The molecule has 0 aliphatic carbocycles. The number of thiophene rings is 1. The van der Waals surface area contributed by atoms with Gasteiger partial charge in [-0.15, -0.1) is 11.3 Å². The highest BCUT2D eigenvalue weighted by Crippen LogP contribution is 2.28. The largest absolute Gasteiger partial charge is 0.344 e. The first kappa shape index (κ1) is 16.2. The lowest BCUT2D eigenvalue weighted by Crippen LogP contribution is -2.34. The van der Waals surface area contributed by atoms with Crippen LogP contribution < -0.4 is 5.32 Å². The Kier molecular flexibility index (Phi) is 4.55. The van der Waals surface area contributed by atoms with Crippen molar-refractivity contribution in [3.05, 3.63) is 57.8 Å². The number of hydrogen-bond donors (Lipinski definition) is 1. The van der Waals surface area contributed by atoms with Gasteiger partial charge < -0.3 is 5.32 Å². The summed E-state index contributed by atoms with van der Waals surface area (Å²) in [6.07, 6.45) is 0.416. The molecule has 3 rings (SSSR count). The van der Waals surface area contributed by atoms with E-state index in [1.807, 2.05) is 48.7 Å². The smallest absolute Gasteiger partial charge is 0.224 e. The number of benzene rings is 1. The average Bonchev–Trinajstić information content (AvgIpc) is 3.15. The van der Waals surface area contributed by atoms with E-state index in [0.717, 1.165) is 16.0 Å². The molecule has 122 valence electrons. The Morgan fingerprint density at radius 2 is 2.00 bits per heavy atom. The van der Waals surface area contributed by atoms with Crippen LogP contribution in [-0.4, -0.2) is 25.8 Å². The summed E-state index contributed by atoms with van der Waals surface area (Å²) in [5.74, 6) is -0.540. The number of sulfone groups is 1. The number of rotatable bonds is 4. The Labute approximate surface area is 140 Å². The SMILES string of the molecule is Cc1ccc([C@H](NC(=O)[C@H]2CCS(=O)(=O)C2)c2cccs2)cc1. The van der Waals surface area contributed by atoms with Crippen molar-refractivity contribution in [2.45, 2.75) is 19.4 Å². The summed E-state index contributed by atoms with van der Waals surface area (Å²) in [6.45, 7) is 2.02.